The number of hydrogen-bond acceptors (Lipinski definition) is 5. The fraction of sp³-hybridized carbons (Fsp3) is 0.481. The Morgan fingerprint density at radius 2 is 1.65 bits per heavy atom. The van der Waals surface area contributed by atoms with Gasteiger partial charge in [0, 0.05) is 30.1 Å². The predicted molar refractivity (Wildman–Crippen MR) is 148 cm³/mol. The number of carbonyl (C=O) groups is 2. The van der Waals surface area contributed by atoms with E-state index in [2.05, 4.69) is 5.32 Å². The van der Waals surface area contributed by atoms with E-state index in [0.717, 1.165) is 11.8 Å². The third kappa shape index (κ3) is 9.55. The molecule has 0 fully saturated rings. The highest BCUT2D eigenvalue weighted by Gasteiger charge is 2.30. The van der Waals surface area contributed by atoms with Crippen molar-refractivity contribution in [2.45, 2.75) is 65.1 Å². The summed E-state index contributed by atoms with van der Waals surface area (Å²) in [5, 5.41) is 3.56. The highest BCUT2D eigenvalue weighted by molar-refractivity contribution is 7.92. The standard InChI is InChI=1S/C27H38ClN3O5S/c1-7-24(26(33)29-27(2,3)4)30(19-20-10-12-21(28)13-11-20)25(32)9-8-18-31(37(6,34)35)22-14-16-23(36-5)17-15-22/h10-17,24H,7-9,18-19H2,1-6H3,(H,29,33)/t24-/m0/s1. The van der Waals surface area contributed by atoms with Gasteiger partial charge in [-0.1, -0.05) is 30.7 Å². The molecule has 0 aliphatic rings. The van der Waals surface area contributed by atoms with Gasteiger partial charge in [-0.2, -0.15) is 0 Å². The van der Waals surface area contributed by atoms with Crippen molar-refractivity contribution in [2.24, 2.45) is 0 Å². The first-order valence-electron chi connectivity index (χ1n) is 12.2. The number of amides is 2. The number of carbonyl (C=O) groups excluding carboxylic acids is 2. The summed E-state index contributed by atoms with van der Waals surface area (Å²) in [7, 11) is -2.03. The molecular weight excluding hydrogens is 514 g/mol. The molecule has 0 aliphatic carbocycles. The molecule has 8 nitrogen and oxygen atoms in total. The van der Waals surface area contributed by atoms with Crippen LogP contribution in [0.1, 0.15) is 52.5 Å². The normalized spacial score (nSPS) is 12.5. The Morgan fingerprint density at radius 3 is 2.14 bits per heavy atom. The maximum atomic E-state index is 13.5. The second-order valence-corrected chi connectivity index (χ2v) is 12.3. The molecule has 10 heteroatoms. The second-order valence-electron chi connectivity index (χ2n) is 9.95. The van der Waals surface area contributed by atoms with E-state index < -0.39 is 21.6 Å². The van der Waals surface area contributed by atoms with Gasteiger partial charge in [0.25, 0.3) is 0 Å². The maximum absolute atomic E-state index is 13.5. The fourth-order valence-electron chi connectivity index (χ4n) is 3.91. The van der Waals surface area contributed by atoms with Crippen LogP contribution in [0.4, 0.5) is 5.69 Å². The van der Waals surface area contributed by atoms with Crippen LogP contribution in [-0.2, 0) is 26.2 Å². The van der Waals surface area contributed by atoms with Crippen molar-refractivity contribution in [3.05, 3.63) is 59.1 Å². The third-order valence-corrected chi connectivity index (χ3v) is 7.11. The van der Waals surface area contributed by atoms with E-state index in [9.17, 15) is 18.0 Å². The minimum Gasteiger partial charge on any atom is -0.497 e. The summed E-state index contributed by atoms with van der Waals surface area (Å²) in [5.74, 6) is 0.159. The van der Waals surface area contributed by atoms with Crippen LogP contribution in [0, 0.1) is 0 Å². The number of benzene rings is 2. The van der Waals surface area contributed by atoms with Crippen LogP contribution in [-0.4, -0.2) is 56.6 Å². The lowest BCUT2D eigenvalue weighted by Gasteiger charge is -2.33. The number of anilines is 1. The van der Waals surface area contributed by atoms with E-state index >= 15 is 0 Å². The Morgan fingerprint density at radius 1 is 1.05 bits per heavy atom. The summed E-state index contributed by atoms with van der Waals surface area (Å²) >= 11 is 6.02. The van der Waals surface area contributed by atoms with Gasteiger partial charge in [-0.15, -0.1) is 0 Å². The van der Waals surface area contributed by atoms with Crippen molar-refractivity contribution < 1.29 is 22.7 Å². The zero-order valence-electron chi connectivity index (χ0n) is 22.5. The molecule has 2 amide bonds. The van der Waals surface area contributed by atoms with Crippen molar-refractivity contribution in [1.29, 1.82) is 0 Å². The van der Waals surface area contributed by atoms with Gasteiger partial charge in [0.15, 0.2) is 0 Å². The number of hydrogen-bond donors (Lipinski definition) is 1. The number of rotatable bonds is 12. The first kappa shape index (κ1) is 30.4. The Kier molecular flexibility index (Phi) is 10.8. The molecule has 0 spiro atoms. The molecule has 1 N–H and O–H groups in total. The zero-order valence-corrected chi connectivity index (χ0v) is 24.0. The van der Waals surface area contributed by atoms with Gasteiger partial charge in [-0.25, -0.2) is 8.42 Å². The smallest absolute Gasteiger partial charge is 0.243 e. The van der Waals surface area contributed by atoms with E-state index in [0.29, 0.717) is 22.9 Å². The number of nitrogens with one attached hydrogen (secondary N) is 1. The van der Waals surface area contributed by atoms with Crippen LogP contribution in [0.15, 0.2) is 48.5 Å². The Hall–Kier alpha value is -2.78. The molecule has 0 saturated heterocycles. The van der Waals surface area contributed by atoms with Gasteiger partial charge in [0.05, 0.1) is 19.1 Å². The second kappa shape index (κ2) is 13.1. The van der Waals surface area contributed by atoms with Gasteiger partial charge in [0.2, 0.25) is 21.8 Å². The minimum absolute atomic E-state index is 0.0784. The summed E-state index contributed by atoms with van der Waals surface area (Å²) < 4.78 is 31.4. The SMILES string of the molecule is CC[C@@H](C(=O)NC(C)(C)C)N(Cc1ccc(Cl)cc1)C(=O)CCCN(c1ccc(OC)cc1)S(C)(=O)=O. The first-order valence-corrected chi connectivity index (χ1v) is 14.5. The van der Waals surface area contributed by atoms with Gasteiger partial charge >= 0.3 is 0 Å². The molecule has 0 bridgehead atoms. The number of methoxy groups -OCH3 is 1. The molecule has 0 saturated carbocycles. The van der Waals surface area contributed by atoms with Crippen LogP contribution >= 0.6 is 11.6 Å². The summed E-state index contributed by atoms with van der Waals surface area (Å²) in [5.41, 5.74) is 0.883. The van der Waals surface area contributed by atoms with Crippen molar-refractivity contribution in [3.63, 3.8) is 0 Å². The van der Waals surface area contributed by atoms with Crippen LogP contribution < -0.4 is 14.4 Å². The highest BCUT2D eigenvalue weighted by Crippen LogP contribution is 2.23. The lowest BCUT2D eigenvalue weighted by Crippen LogP contribution is -2.53. The Labute approximate surface area is 226 Å². The average molecular weight is 552 g/mol. The molecule has 37 heavy (non-hydrogen) atoms. The summed E-state index contributed by atoms with van der Waals surface area (Å²) in [6.07, 6.45) is 1.93. The van der Waals surface area contributed by atoms with Gasteiger partial charge in [0.1, 0.15) is 11.8 Å². The molecule has 204 valence electrons. The summed E-state index contributed by atoms with van der Waals surface area (Å²) in [6, 6.07) is 13.2. The van der Waals surface area contributed by atoms with E-state index in [1.807, 2.05) is 39.8 Å². The average Bonchev–Trinajstić information content (AvgIpc) is 2.81. The van der Waals surface area contributed by atoms with Crippen LogP contribution in [0.5, 0.6) is 5.75 Å². The van der Waals surface area contributed by atoms with Gasteiger partial charge < -0.3 is 15.0 Å². The zero-order chi connectivity index (χ0) is 27.8. The lowest BCUT2D eigenvalue weighted by molar-refractivity contribution is -0.142. The molecule has 2 aromatic carbocycles. The topological polar surface area (TPSA) is 96.0 Å². The molecule has 2 rings (SSSR count). The molecule has 0 aromatic heterocycles. The monoisotopic (exact) mass is 551 g/mol. The van der Waals surface area contributed by atoms with E-state index in [1.165, 1.54) is 11.4 Å². The molecule has 1 atom stereocenters. The number of halogens is 1. The molecule has 0 radical (unpaired) electrons. The minimum atomic E-state index is -3.57. The molecule has 2 aromatic rings. The van der Waals surface area contributed by atoms with Crippen LogP contribution in [0.3, 0.4) is 0 Å². The Balaban J connectivity index is 2.22. The molecule has 0 heterocycles. The van der Waals surface area contributed by atoms with E-state index in [4.69, 9.17) is 16.3 Å². The van der Waals surface area contributed by atoms with E-state index in [1.54, 1.807) is 41.3 Å². The summed E-state index contributed by atoms with van der Waals surface area (Å²) in [6.45, 7) is 7.90. The third-order valence-electron chi connectivity index (χ3n) is 5.66. The number of ether oxygens (including phenoxy) is 1. The largest absolute Gasteiger partial charge is 0.497 e. The molecule has 0 aliphatic heterocycles. The van der Waals surface area contributed by atoms with Crippen molar-refractivity contribution >= 4 is 39.1 Å². The first-order chi connectivity index (χ1) is 17.2. The highest BCUT2D eigenvalue weighted by atomic mass is 35.5. The lowest BCUT2D eigenvalue weighted by atomic mass is 10.0. The van der Waals surface area contributed by atoms with E-state index in [-0.39, 0.29) is 37.7 Å². The number of sulfonamides is 1. The van der Waals surface area contributed by atoms with Gasteiger partial charge in [-0.3, -0.25) is 13.9 Å². The van der Waals surface area contributed by atoms with Crippen molar-refractivity contribution in [2.75, 3.05) is 24.2 Å². The Bertz CT molecular complexity index is 1150. The maximum Gasteiger partial charge on any atom is 0.243 e. The number of nitrogens with zero attached hydrogens (tertiary/aromatic N) is 2. The molecular formula is C27H38ClN3O5S. The quantitative estimate of drug-likeness (QED) is 0.415. The van der Waals surface area contributed by atoms with Crippen LogP contribution in [0.25, 0.3) is 0 Å². The molecule has 0 unspecified atom stereocenters. The predicted octanol–water partition coefficient (Wildman–Crippen LogP) is 4.62. The van der Waals surface area contributed by atoms with Crippen LogP contribution in [0.2, 0.25) is 5.02 Å². The van der Waals surface area contributed by atoms with Crippen molar-refractivity contribution in [1.82, 2.24) is 10.2 Å². The fourth-order valence-corrected chi connectivity index (χ4v) is 5.00. The van der Waals surface area contributed by atoms with Crippen molar-refractivity contribution in [3.8, 4) is 5.75 Å². The van der Waals surface area contributed by atoms with Gasteiger partial charge in [-0.05, 0) is 75.6 Å². The summed E-state index contributed by atoms with van der Waals surface area (Å²) in [4.78, 5) is 28.2.